The zero-order valence-corrected chi connectivity index (χ0v) is 14.4. The Kier molecular flexibility index (Phi) is 4.04. The number of fused-ring (bicyclic) bond motifs is 1. The van der Waals surface area contributed by atoms with E-state index in [2.05, 4.69) is 30.3 Å². The molecule has 2 aliphatic rings. The molecule has 2 aromatic rings. The minimum atomic E-state index is -0.232. The molecule has 1 saturated heterocycles. The minimum Gasteiger partial charge on any atom is -0.338 e. The van der Waals surface area contributed by atoms with E-state index in [1.54, 1.807) is 0 Å². The number of anilines is 1. The number of nitrogens with zero attached hydrogens (tertiary/aromatic N) is 2. The second-order valence-electron chi connectivity index (χ2n) is 7.03. The molecule has 2 aliphatic heterocycles. The lowest BCUT2D eigenvalue weighted by Crippen LogP contribution is -2.36. The highest BCUT2D eigenvalue weighted by Crippen LogP contribution is 2.31. The molecule has 1 fully saturated rings. The number of hydrogen-bond donors (Lipinski definition) is 0. The Morgan fingerprint density at radius 3 is 2.68 bits per heavy atom. The van der Waals surface area contributed by atoms with Crippen LogP contribution in [0, 0.1) is 12.8 Å². The lowest BCUT2D eigenvalue weighted by molar-refractivity contribution is -0.128. The lowest BCUT2D eigenvalue weighted by atomic mass is 10.1. The van der Waals surface area contributed by atoms with Crippen LogP contribution in [0.4, 0.5) is 5.69 Å². The topological polar surface area (TPSA) is 40.6 Å². The number of carbonyl (C=O) groups is 2. The van der Waals surface area contributed by atoms with Gasteiger partial charge < -0.3 is 9.80 Å². The van der Waals surface area contributed by atoms with Gasteiger partial charge in [0.05, 0.1) is 5.92 Å². The Labute approximate surface area is 148 Å². The maximum absolute atomic E-state index is 12.9. The van der Waals surface area contributed by atoms with Gasteiger partial charge >= 0.3 is 0 Å². The van der Waals surface area contributed by atoms with Crippen LogP contribution in [0.2, 0.25) is 0 Å². The predicted octanol–water partition coefficient (Wildman–Crippen LogP) is 2.93. The Morgan fingerprint density at radius 2 is 1.88 bits per heavy atom. The van der Waals surface area contributed by atoms with E-state index in [9.17, 15) is 9.59 Å². The van der Waals surface area contributed by atoms with Crippen LogP contribution in [0.15, 0.2) is 48.5 Å². The fourth-order valence-corrected chi connectivity index (χ4v) is 3.79. The van der Waals surface area contributed by atoms with E-state index in [1.807, 2.05) is 34.9 Å². The molecule has 4 heteroatoms. The molecule has 0 spiro atoms. The third kappa shape index (κ3) is 3.04. The first kappa shape index (κ1) is 15.9. The Morgan fingerprint density at radius 1 is 1.12 bits per heavy atom. The standard InChI is InChI=1S/C21H22N2O2/c1-15-6-8-16(9-7-15)13-22-14-18(12-20(22)24)21(25)23-11-10-17-4-2-3-5-19(17)23/h2-9,18H,10-14H2,1H3. The summed E-state index contributed by atoms with van der Waals surface area (Å²) < 4.78 is 0. The summed E-state index contributed by atoms with van der Waals surface area (Å²) in [5, 5.41) is 0. The molecule has 0 aliphatic carbocycles. The molecule has 25 heavy (non-hydrogen) atoms. The van der Waals surface area contributed by atoms with Crippen LogP contribution >= 0.6 is 0 Å². The van der Waals surface area contributed by atoms with Crippen molar-refractivity contribution < 1.29 is 9.59 Å². The molecule has 128 valence electrons. The van der Waals surface area contributed by atoms with Crippen molar-refractivity contribution in [3.8, 4) is 0 Å². The highest BCUT2D eigenvalue weighted by atomic mass is 16.2. The van der Waals surface area contributed by atoms with E-state index in [1.165, 1.54) is 11.1 Å². The summed E-state index contributed by atoms with van der Waals surface area (Å²) in [5.41, 5.74) is 4.55. The molecule has 1 unspecified atom stereocenters. The second kappa shape index (κ2) is 6.36. The summed E-state index contributed by atoms with van der Waals surface area (Å²) >= 11 is 0. The Hall–Kier alpha value is -2.62. The summed E-state index contributed by atoms with van der Waals surface area (Å²) in [6, 6.07) is 16.3. The first-order valence-corrected chi connectivity index (χ1v) is 8.84. The van der Waals surface area contributed by atoms with E-state index >= 15 is 0 Å². The number of benzene rings is 2. The molecule has 4 nitrogen and oxygen atoms in total. The first-order chi connectivity index (χ1) is 12.1. The van der Waals surface area contributed by atoms with Crippen LogP contribution in [0.5, 0.6) is 0 Å². The highest BCUT2D eigenvalue weighted by Gasteiger charge is 2.38. The molecular weight excluding hydrogens is 312 g/mol. The molecule has 4 rings (SSSR count). The minimum absolute atomic E-state index is 0.0754. The van der Waals surface area contributed by atoms with Gasteiger partial charge in [0.1, 0.15) is 0 Å². The van der Waals surface area contributed by atoms with Gasteiger partial charge in [0.2, 0.25) is 11.8 Å². The van der Waals surface area contributed by atoms with Crippen molar-refractivity contribution in [1.29, 1.82) is 0 Å². The monoisotopic (exact) mass is 334 g/mol. The van der Waals surface area contributed by atoms with Gasteiger partial charge in [0.25, 0.3) is 0 Å². The molecule has 1 atom stereocenters. The maximum atomic E-state index is 12.9. The lowest BCUT2D eigenvalue weighted by Gasteiger charge is -2.21. The molecule has 0 aromatic heterocycles. The van der Waals surface area contributed by atoms with Gasteiger partial charge in [-0.2, -0.15) is 0 Å². The predicted molar refractivity (Wildman–Crippen MR) is 97.2 cm³/mol. The average Bonchev–Trinajstić information content (AvgIpc) is 3.20. The molecule has 0 radical (unpaired) electrons. The molecule has 0 N–H and O–H groups in total. The average molecular weight is 334 g/mol. The normalized spacial score (nSPS) is 19.4. The zero-order valence-electron chi connectivity index (χ0n) is 14.4. The molecule has 0 bridgehead atoms. The van der Waals surface area contributed by atoms with Crippen molar-refractivity contribution in [3.05, 3.63) is 65.2 Å². The zero-order chi connectivity index (χ0) is 17.4. The van der Waals surface area contributed by atoms with Crippen LogP contribution in [0.3, 0.4) is 0 Å². The number of carbonyl (C=O) groups excluding carboxylic acids is 2. The van der Waals surface area contributed by atoms with Gasteiger partial charge in [-0.1, -0.05) is 48.0 Å². The fraction of sp³-hybridized carbons (Fsp3) is 0.333. The smallest absolute Gasteiger partial charge is 0.232 e. The molecule has 0 saturated carbocycles. The van der Waals surface area contributed by atoms with E-state index in [0.717, 1.165) is 24.2 Å². The van der Waals surface area contributed by atoms with Gasteiger partial charge in [-0.25, -0.2) is 0 Å². The van der Waals surface area contributed by atoms with E-state index < -0.39 is 0 Å². The quantitative estimate of drug-likeness (QED) is 0.866. The Balaban J connectivity index is 1.45. The van der Waals surface area contributed by atoms with Gasteiger partial charge in [-0.15, -0.1) is 0 Å². The summed E-state index contributed by atoms with van der Waals surface area (Å²) in [6.45, 7) is 3.87. The highest BCUT2D eigenvalue weighted by molar-refractivity contribution is 6.00. The summed E-state index contributed by atoms with van der Waals surface area (Å²) in [5.74, 6) is -0.0692. The fourth-order valence-electron chi connectivity index (χ4n) is 3.79. The summed E-state index contributed by atoms with van der Waals surface area (Å²) in [6.07, 6.45) is 1.22. The van der Waals surface area contributed by atoms with Crippen molar-refractivity contribution >= 4 is 17.5 Å². The first-order valence-electron chi connectivity index (χ1n) is 8.84. The number of amides is 2. The van der Waals surface area contributed by atoms with Gasteiger partial charge in [0, 0.05) is 31.7 Å². The Bertz CT molecular complexity index is 813. The van der Waals surface area contributed by atoms with Gasteiger partial charge in [-0.05, 0) is 30.5 Å². The van der Waals surface area contributed by atoms with Crippen molar-refractivity contribution in [2.45, 2.75) is 26.3 Å². The third-order valence-corrected chi connectivity index (χ3v) is 5.21. The molecule has 2 amide bonds. The molecular formula is C21H22N2O2. The second-order valence-corrected chi connectivity index (χ2v) is 7.03. The summed E-state index contributed by atoms with van der Waals surface area (Å²) in [4.78, 5) is 29.0. The number of rotatable bonds is 3. The van der Waals surface area contributed by atoms with Crippen molar-refractivity contribution in [1.82, 2.24) is 4.90 Å². The van der Waals surface area contributed by atoms with Crippen LogP contribution in [-0.4, -0.2) is 29.8 Å². The van der Waals surface area contributed by atoms with E-state index in [4.69, 9.17) is 0 Å². The van der Waals surface area contributed by atoms with Crippen molar-refractivity contribution in [2.75, 3.05) is 18.0 Å². The SMILES string of the molecule is Cc1ccc(CN2CC(C(=O)N3CCc4ccccc43)CC2=O)cc1. The number of para-hydroxylation sites is 1. The number of aryl methyl sites for hydroxylation is 1. The maximum Gasteiger partial charge on any atom is 0.232 e. The van der Waals surface area contributed by atoms with Crippen LogP contribution < -0.4 is 4.90 Å². The number of hydrogen-bond acceptors (Lipinski definition) is 2. The van der Waals surface area contributed by atoms with Crippen LogP contribution in [-0.2, 0) is 22.6 Å². The van der Waals surface area contributed by atoms with Crippen LogP contribution in [0.1, 0.15) is 23.1 Å². The largest absolute Gasteiger partial charge is 0.338 e. The number of likely N-dealkylation sites (tertiary alicyclic amines) is 1. The van der Waals surface area contributed by atoms with Gasteiger partial charge in [-0.3, -0.25) is 9.59 Å². The summed E-state index contributed by atoms with van der Waals surface area (Å²) in [7, 11) is 0. The third-order valence-electron chi connectivity index (χ3n) is 5.21. The van der Waals surface area contributed by atoms with E-state index in [-0.39, 0.29) is 17.7 Å². The van der Waals surface area contributed by atoms with Crippen LogP contribution in [0.25, 0.3) is 0 Å². The molecule has 2 aromatic carbocycles. The van der Waals surface area contributed by atoms with Crippen molar-refractivity contribution in [2.24, 2.45) is 5.92 Å². The van der Waals surface area contributed by atoms with Gasteiger partial charge in [0.15, 0.2) is 0 Å². The molecule has 2 heterocycles. The van der Waals surface area contributed by atoms with E-state index in [0.29, 0.717) is 19.5 Å². The van der Waals surface area contributed by atoms with Crippen molar-refractivity contribution in [3.63, 3.8) is 0 Å².